The van der Waals surface area contributed by atoms with Gasteiger partial charge in [-0.15, -0.1) is 0 Å². The van der Waals surface area contributed by atoms with Crippen LogP contribution in [-0.4, -0.2) is 39.0 Å². The number of likely N-dealkylation sites (N-methyl/N-ethyl adjacent to an activating group) is 1. The van der Waals surface area contributed by atoms with Crippen LogP contribution in [0.1, 0.15) is 25.0 Å². The normalized spacial score (nSPS) is 11.0. The molecule has 23 heavy (non-hydrogen) atoms. The number of hydrogen-bond acceptors (Lipinski definition) is 6. The van der Waals surface area contributed by atoms with Crippen molar-refractivity contribution in [2.45, 2.75) is 20.5 Å². The van der Waals surface area contributed by atoms with E-state index in [1.807, 2.05) is 0 Å². The lowest BCUT2D eigenvalue weighted by Crippen LogP contribution is -2.31. The molecule has 0 spiro atoms. The summed E-state index contributed by atoms with van der Waals surface area (Å²) in [6.45, 7) is 3.77. The van der Waals surface area contributed by atoms with Gasteiger partial charge >= 0.3 is 5.69 Å². The molecule has 0 unspecified atom stereocenters. The third kappa shape index (κ3) is 4.05. The summed E-state index contributed by atoms with van der Waals surface area (Å²) in [6.07, 6.45) is 1.20. The summed E-state index contributed by atoms with van der Waals surface area (Å²) >= 11 is 0. The van der Waals surface area contributed by atoms with Crippen molar-refractivity contribution in [3.63, 3.8) is 0 Å². The van der Waals surface area contributed by atoms with E-state index >= 15 is 0 Å². The van der Waals surface area contributed by atoms with E-state index in [1.165, 1.54) is 17.0 Å². The zero-order chi connectivity index (χ0) is 17.6. The predicted molar refractivity (Wildman–Crippen MR) is 82.2 cm³/mol. The lowest BCUT2D eigenvalue weighted by Gasteiger charge is -2.17. The number of nitriles is 1. The van der Waals surface area contributed by atoms with E-state index in [2.05, 4.69) is 0 Å². The Balaban J connectivity index is 3.39. The van der Waals surface area contributed by atoms with Gasteiger partial charge in [0.25, 0.3) is 5.91 Å². The van der Waals surface area contributed by atoms with Gasteiger partial charge < -0.3 is 15.1 Å². The number of nitro benzene ring substituents is 1. The van der Waals surface area contributed by atoms with Gasteiger partial charge in [-0.3, -0.25) is 14.9 Å². The Kier molecular flexibility index (Phi) is 6.24. The molecule has 0 heterocycles. The monoisotopic (exact) mass is 319 g/mol. The molecule has 8 nitrogen and oxygen atoms in total. The van der Waals surface area contributed by atoms with Crippen LogP contribution in [-0.2, 0) is 11.4 Å². The molecule has 1 aromatic carbocycles. The molecule has 1 aromatic rings. The molecule has 0 aromatic heterocycles. The Morgan fingerprint density at radius 3 is 2.48 bits per heavy atom. The summed E-state index contributed by atoms with van der Waals surface area (Å²) in [7, 11) is 0. The molecule has 2 N–H and O–H groups in total. The Bertz CT molecular complexity index is 687. The molecule has 8 heteroatoms. The second kappa shape index (κ2) is 7.91. The zero-order valence-corrected chi connectivity index (χ0v) is 12.8. The Labute approximate surface area is 133 Å². The highest BCUT2D eigenvalue weighted by Crippen LogP contribution is 2.32. The van der Waals surface area contributed by atoms with Gasteiger partial charge in [-0.2, -0.15) is 5.26 Å². The van der Waals surface area contributed by atoms with Crippen molar-refractivity contribution in [3.05, 3.63) is 38.9 Å². The van der Waals surface area contributed by atoms with Crippen LogP contribution < -0.4 is 0 Å². The Morgan fingerprint density at radius 2 is 2.04 bits per heavy atom. The van der Waals surface area contributed by atoms with Gasteiger partial charge in [0.1, 0.15) is 11.6 Å². The average molecular weight is 319 g/mol. The summed E-state index contributed by atoms with van der Waals surface area (Å²) < 4.78 is 0. The van der Waals surface area contributed by atoms with Crippen LogP contribution in [0.15, 0.2) is 17.7 Å². The maximum atomic E-state index is 12.2. The zero-order valence-electron chi connectivity index (χ0n) is 12.8. The lowest BCUT2D eigenvalue weighted by atomic mass is 10.1. The van der Waals surface area contributed by atoms with E-state index in [9.17, 15) is 25.1 Å². The number of nitrogens with zero attached hydrogens (tertiary/aromatic N) is 3. The first-order valence-electron chi connectivity index (χ1n) is 6.91. The third-order valence-corrected chi connectivity index (χ3v) is 3.27. The van der Waals surface area contributed by atoms with Gasteiger partial charge in [0, 0.05) is 24.7 Å². The molecule has 0 aliphatic heterocycles. The largest absolute Gasteiger partial charge is 0.502 e. The van der Waals surface area contributed by atoms with Gasteiger partial charge in [0.2, 0.25) is 0 Å². The minimum atomic E-state index is -0.801. The molecule has 0 aliphatic carbocycles. The van der Waals surface area contributed by atoms with Crippen molar-refractivity contribution in [3.8, 4) is 11.8 Å². The molecule has 1 amide bonds. The van der Waals surface area contributed by atoms with Crippen molar-refractivity contribution in [2.75, 3.05) is 13.1 Å². The molecule has 1 rings (SSSR count). The quantitative estimate of drug-likeness (QED) is 0.354. The lowest BCUT2D eigenvalue weighted by molar-refractivity contribution is -0.386. The van der Waals surface area contributed by atoms with E-state index < -0.39 is 28.9 Å². The second-order valence-electron chi connectivity index (χ2n) is 4.61. The molecular formula is C15H17N3O5. The van der Waals surface area contributed by atoms with E-state index in [-0.39, 0.29) is 16.7 Å². The first-order valence-corrected chi connectivity index (χ1v) is 6.91. The van der Waals surface area contributed by atoms with Gasteiger partial charge in [-0.05, 0) is 31.6 Å². The molecule has 0 bridgehead atoms. The number of nitro groups is 1. The minimum Gasteiger partial charge on any atom is -0.502 e. The van der Waals surface area contributed by atoms with Gasteiger partial charge in [-0.1, -0.05) is 0 Å². The standard InChI is InChI=1S/C15H17N3O5/c1-3-17(4-2)15(21)11(8-16)5-10-6-12(9-19)14(20)13(7-10)18(22)23/h5-7,19-20H,3-4,9H2,1-2H3/b11-5+. The highest BCUT2D eigenvalue weighted by atomic mass is 16.6. The van der Waals surface area contributed by atoms with Crippen LogP contribution in [0.3, 0.4) is 0 Å². The molecule has 122 valence electrons. The Morgan fingerprint density at radius 1 is 1.43 bits per heavy atom. The number of hydrogen-bond donors (Lipinski definition) is 2. The number of aliphatic hydroxyl groups is 1. The number of carbonyl (C=O) groups is 1. The topological polar surface area (TPSA) is 128 Å². The van der Waals surface area contributed by atoms with Gasteiger partial charge in [-0.25, -0.2) is 0 Å². The average Bonchev–Trinajstić information content (AvgIpc) is 2.54. The fraction of sp³-hybridized carbons (Fsp3) is 0.333. The summed E-state index contributed by atoms with van der Waals surface area (Å²) in [4.78, 5) is 23.8. The van der Waals surface area contributed by atoms with Crippen LogP contribution in [0.4, 0.5) is 5.69 Å². The number of carbonyl (C=O) groups excluding carboxylic acids is 1. The first kappa shape index (κ1) is 18.1. The van der Waals surface area contributed by atoms with E-state index in [4.69, 9.17) is 5.26 Å². The summed E-state index contributed by atoms with van der Waals surface area (Å²) in [6, 6.07) is 4.11. The number of benzene rings is 1. The molecule has 0 aliphatic rings. The van der Waals surface area contributed by atoms with Crippen LogP contribution in [0.25, 0.3) is 6.08 Å². The summed E-state index contributed by atoms with van der Waals surface area (Å²) in [5, 5.41) is 39.0. The maximum Gasteiger partial charge on any atom is 0.311 e. The molecule has 0 radical (unpaired) electrons. The van der Waals surface area contributed by atoms with Crippen LogP contribution in [0.2, 0.25) is 0 Å². The van der Waals surface area contributed by atoms with E-state index in [0.29, 0.717) is 13.1 Å². The fourth-order valence-corrected chi connectivity index (χ4v) is 2.03. The van der Waals surface area contributed by atoms with E-state index in [1.54, 1.807) is 19.9 Å². The van der Waals surface area contributed by atoms with E-state index in [0.717, 1.165) is 6.07 Å². The van der Waals surface area contributed by atoms with Crippen molar-refractivity contribution < 1.29 is 19.9 Å². The van der Waals surface area contributed by atoms with Crippen molar-refractivity contribution >= 4 is 17.7 Å². The summed E-state index contributed by atoms with van der Waals surface area (Å²) in [5.41, 5.74) is -0.665. The highest BCUT2D eigenvalue weighted by molar-refractivity contribution is 6.01. The molecule has 0 saturated carbocycles. The molecular weight excluding hydrogens is 302 g/mol. The molecule has 0 fully saturated rings. The smallest absolute Gasteiger partial charge is 0.311 e. The van der Waals surface area contributed by atoms with Crippen molar-refractivity contribution in [1.29, 1.82) is 5.26 Å². The predicted octanol–water partition coefficient (Wildman–Crippen LogP) is 1.57. The number of phenols is 1. The van der Waals surface area contributed by atoms with Crippen LogP contribution >= 0.6 is 0 Å². The fourth-order valence-electron chi connectivity index (χ4n) is 2.03. The van der Waals surface area contributed by atoms with Crippen molar-refractivity contribution in [1.82, 2.24) is 4.90 Å². The second-order valence-corrected chi connectivity index (χ2v) is 4.61. The molecule has 0 atom stereocenters. The number of amides is 1. The maximum absolute atomic E-state index is 12.2. The minimum absolute atomic E-state index is 0.0574. The van der Waals surface area contributed by atoms with Crippen LogP contribution in [0, 0.1) is 21.4 Å². The first-order chi connectivity index (χ1) is 10.9. The highest BCUT2D eigenvalue weighted by Gasteiger charge is 2.20. The molecule has 0 saturated heterocycles. The Hall–Kier alpha value is -2.92. The summed E-state index contributed by atoms with van der Waals surface area (Å²) in [5.74, 6) is -1.12. The number of aromatic hydroxyl groups is 1. The van der Waals surface area contributed by atoms with Gasteiger partial charge in [0.05, 0.1) is 11.5 Å². The third-order valence-electron chi connectivity index (χ3n) is 3.27. The van der Waals surface area contributed by atoms with Crippen molar-refractivity contribution in [2.24, 2.45) is 0 Å². The van der Waals surface area contributed by atoms with Gasteiger partial charge in [0.15, 0.2) is 5.75 Å². The number of aliphatic hydroxyl groups excluding tert-OH is 1. The SMILES string of the molecule is CCN(CC)C(=O)/C(C#N)=C/c1cc(CO)c(O)c([N+](=O)[O-])c1. The number of rotatable bonds is 6. The van der Waals surface area contributed by atoms with Crippen LogP contribution in [0.5, 0.6) is 5.75 Å².